The quantitative estimate of drug-likeness (QED) is 0.422. The van der Waals surface area contributed by atoms with Crippen molar-refractivity contribution < 1.29 is 9.59 Å². The van der Waals surface area contributed by atoms with E-state index >= 15 is 0 Å². The van der Waals surface area contributed by atoms with Crippen molar-refractivity contribution in [3.8, 4) is 0 Å². The van der Waals surface area contributed by atoms with Crippen LogP contribution in [0.25, 0.3) is 0 Å². The van der Waals surface area contributed by atoms with Crippen molar-refractivity contribution in [2.45, 2.75) is 59.0 Å². The maximum Gasteiger partial charge on any atom is 0.315 e. The van der Waals surface area contributed by atoms with Gasteiger partial charge in [-0.25, -0.2) is 10.2 Å². The third-order valence-corrected chi connectivity index (χ3v) is 3.98. The van der Waals surface area contributed by atoms with E-state index in [9.17, 15) is 9.59 Å². The van der Waals surface area contributed by atoms with E-state index < -0.39 is 0 Å². The predicted octanol–water partition coefficient (Wildman–Crippen LogP) is 2.11. The van der Waals surface area contributed by atoms with Gasteiger partial charge in [0.2, 0.25) is 5.91 Å². The van der Waals surface area contributed by atoms with Crippen molar-refractivity contribution in [2.75, 3.05) is 11.5 Å². The zero-order valence-corrected chi connectivity index (χ0v) is 14.3. The fraction of sp³-hybridized carbons (Fsp3) is 0.786. The van der Waals surface area contributed by atoms with Crippen molar-refractivity contribution >= 4 is 29.9 Å². The highest BCUT2D eigenvalue weighted by Gasteiger charge is 2.35. The monoisotopic (exact) mass is 316 g/mol. The van der Waals surface area contributed by atoms with Gasteiger partial charge >= 0.3 is 6.03 Å². The summed E-state index contributed by atoms with van der Waals surface area (Å²) in [6.07, 6.45) is 4.12. The van der Waals surface area contributed by atoms with Gasteiger partial charge in [0.1, 0.15) is 0 Å². The van der Waals surface area contributed by atoms with Gasteiger partial charge < -0.3 is 10.6 Å². The molecule has 3 N–H and O–H groups in total. The molecular weight excluding hydrogens is 288 g/mol. The Morgan fingerprint density at radius 1 is 1.38 bits per heavy atom. The van der Waals surface area contributed by atoms with E-state index in [0.29, 0.717) is 18.5 Å². The Morgan fingerprint density at radius 3 is 2.43 bits per heavy atom. The summed E-state index contributed by atoms with van der Waals surface area (Å²) in [7, 11) is 0. The molecule has 0 aromatic rings. The van der Waals surface area contributed by atoms with Crippen LogP contribution in [0.3, 0.4) is 0 Å². The van der Waals surface area contributed by atoms with Crippen molar-refractivity contribution in [3.05, 3.63) is 0 Å². The summed E-state index contributed by atoms with van der Waals surface area (Å²) >= 11 is 1.89. The number of thioether (sulfide) groups is 1. The molecule has 6 nitrogen and oxygen atoms in total. The van der Waals surface area contributed by atoms with Crippen LogP contribution in [0.2, 0.25) is 0 Å². The molecule has 0 radical (unpaired) electrons. The molecule has 21 heavy (non-hydrogen) atoms. The van der Waals surface area contributed by atoms with Crippen LogP contribution in [-0.2, 0) is 4.79 Å². The fourth-order valence-electron chi connectivity index (χ4n) is 1.75. The van der Waals surface area contributed by atoms with Crippen LogP contribution in [0.15, 0.2) is 5.10 Å². The predicted molar refractivity (Wildman–Crippen MR) is 89.8 cm³/mol. The van der Waals surface area contributed by atoms with Crippen LogP contribution >= 0.6 is 11.8 Å². The van der Waals surface area contributed by atoms with Crippen molar-refractivity contribution in [3.63, 3.8) is 0 Å². The van der Waals surface area contributed by atoms with Crippen LogP contribution in [0.1, 0.15) is 47.0 Å². The third kappa shape index (κ3) is 8.60. The number of hydrogen-bond donors (Lipinski definition) is 3. The largest absolute Gasteiger partial charge is 0.332 e. The highest BCUT2D eigenvalue weighted by atomic mass is 32.2. The number of urea groups is 1. The summed E-state index contributed by atoms with van der Waals surface area (Å²) in [5, 5.41) is 9.29. The summed E-state index contributed by atoms with van der Waals surface area (Å²) in [5.74, 6) is 2.15. The number of amides is 3. The normalized spacial score (nSPS) is 22.2. The Morgan fingerprint density at radius 2 is 1.95 bits per heavy atom. The van der Waals surface area contributed by atoms with Gasteiger partial charge in [-0.3, -0.25) is 4.79 Å². The van der Waals surface area contributed by atoms with Gasteiger partial charge in [-0.05, 0) is 13.3 Å². The Hall–Kier alpha value is -1.24. The molecular formula is C14H28N4O2S. The lowest BCUT2D eigenvalue weighted by molar-refractivity contribution is -0.121. The molecule has 0 aliphatic carbocycles. The maximum atomic E-state index is 10.7. The minimum Gasteiger partial charge on any atom is -0.332 e. The second-order valence-corrected chi connectivity index (χ2v) is 5.47. The van der Waals surface area contributed by atoms with Crippen molar-refractivity contribution in [2.24, 2.45) is 5.10 Å². The number of nitrogens with zero attached hydrogens (tertiary/aromatic N) is 1. The third-order valence-electron chi connectivity index (χ3n) is 2.79. The standard InChI is InChI=1S/C7H14N2O.C5H8N2OS.C2H6/c1-3-5-6-7(10)9-8-4-2;8-5-6-3-1-9-2-4(3)7-5;1-2/h4H,3,5-6H2,1-2H3,(H,9,10);3-4H,1-2H2,(H2,6,7,8);1-2H3/b8-4+;;. The zero-order valence-electron chi connectivity index (χ0n) is 13.4. The molecule has 2 rings (SSSR count). The lowest BCUT2D eigenvalue weighted by atomic mass is 10.2. The molecule has 2 unspecified atom stereocenters. The number of fused-ring (bicyclic) bond motifs is 1. The average Bonchev–Trinajstić information content (AvgIpc) is 3.06. The number of nitrogens with one attached hydrogen (secondary N) is 3. The summed E-state index contributed by atoms with van der Waals surface area (Å²) in [6, 6.07) is 0.815. The minimum atomic E-state index is -0.0000463. The topological polar surface area (TPSA) is 82.6 Å². The highest BCUT2D eigenvalue weighted by molar-refractivity contribution is 7.99. The molecule has 2 saturated heterocycles. The number of carbonyl (C=O) groups is 2. The van der Waals surface area contributed by atoms with E-state index in [0.717, 1.165) is 24.3 Å². The van der Waals surface area contributed by atoms with Crippen LogP contribution < -0.4 is 16.1 Å². The summed E-state index contributed by atoms with van der Waals surface area (Å²) in [5.41, 5.74) is 2.40. The summed E-state index contributed by atoms with van der Waals surface area (Å²) < 4.78 is 0. The highest BCUT2D eigenvalue weighted by Crippen LogP contribution is 2.20. The second-order valence-electron chi connectivity index (χ2n) is 4.39. The smallest absolute Gasteiger partial charge is 0.315 e. The Kier molecular flexibility index (Phi) is 11.8. The summed E-state index contributed by atoms with van der Waals surface area (Å²) in [6.45, 7) is 7.82. The number of carbonyl (C=O) groups excluding carboxylic acids is 2. The molecule has 0 aromatic carbocycles. The first kappa shape index (κ1) is 19.8. The SMILES string of the molecule is C/C=N/NC(=O)CCCC.CC.O=C1NC2CSCC2N1. The molecule has 0 bridgehead atoms. The van der Waals surface area contributed by atoms with Crippen LogP contribution in [0.5, 0.6) is 0 Å². The van der Waals surface area contributed by atoms with Gasteiger partial charge in [-0.2, -0.15) is 16.9 Å². The molecule has 0 aromatic heterocycles. The Labute approximate surface area is 131 Å². The maximum absolute atomic E-state index is 10.7. The molecule has 122 valence electrons. The lowest BCUT2D eigenvalue weighted by Gasteiger charge is -2.02. The van der Waals surface area contributed by atoms with E-state index in [-0.39, 0.29) is 11.9 Å². The first-order valence-corrected chi connectivity index (χ1v) is 8.74. The Bertz CT molecular complexity index is 323. The average molecular weight is 316 g/mol. The van der Waals surface area contributed by atoms with E-state index in [1.54, 1.807) is 13.1 Å². The first-order valence-electron chi connectivity index (χ1n) is 7.58. The van der Waals surface area contributed by atoms with Gasteiger partial charge in [-0.1, -0.05) is 27.2 Å². The molecule has 2 aliphatic rings. The Balaban J connectivity index is 0.000000341. The van der Waals surface area contributed by atoms with E-state index in [1.165, 1.54) is 0 Å². The molecule has 3 amide bonds. The first-order chi connectivity index (χ1) is 10.2. The van der Waals surface area contributed by atoms with Crippen LogP contribution in [-0.4, -0.2) is 41.7 Å². The lowest BCUT2D eigenvalue weighted by Crippen LogP contribution is -2.31. The van der Waals surface area contributed by atoms with Crippen LogP contribution in [0.4, 0.5) is 4.79 Å². The molecule has 7 heteroatoms. The molecule has 2 heterocycles. The molecule has 2 aliphatic heterocycles. The van der Waals surface area contributed by atoms with Crippen molar-refractivity contribution in [1.29, 1.82) is 0 Å². The number of hydrazone groups is 1. The number of unbranched alkanes of at least 4 members (excludes halogenated alkanes) is 1. The molecule has 2 fully saturated rings. The number of rotatable bonds is 4. The second kappa shape index (κ2) is 12.5. The van der Waals surface area contributed by atoms with E-state index in [4.69, 9.17) is 0 Å². The zero-order chi connectivity index (χ0) is 16.1. The fourth-order valence-corrected chi connectivity index (χ4v) is 3.02. The van der Waals surface area contributed by atoms with Gasteiger partial charge in [0.05, 0.1) is 12.1 Å². The number of hydrogen-bond acceptors (Lipinski definition) is 4. The van der Waals surface area contributed by atoms with Gasteiger partial charge in [0, 0.05) is 24.1 Å². The molecule has 2 atom stereocenters. The molecule has 0 spiro atoms. The summed E-state index contributed by atoms with van der Waals surface area (Å²) in [4.78, 5) is 21.4. The van der Waals surface area contributed by atoms with Crippen molar-refractivity contribution in [1.82, 2.24) is 16.1 Å². The minimum absolute atomic E-state index is 0.0000463. The molecule has 0 saturated carbocycles. The van der Waals surface area contributed by atoms with Gasteiger partial charge in [-0.15, -0.1) is 0 Å². The van der Waals surface area contributed by atoms with E-state index in [1.807, 2.05) is 25.6 Å². The van der Waals surface area contributed by atoms with Gasteiger partial charge in [0.25, 0.3) is 0 Å². The van der Waals surface area contributed by atoms with Gasteiger partial charge in [0.15, 0.2) is 0 Å². The van der Waals surface area contributed by atoms with Crippen LogP contribution in [0, 0.1) is 0 Å². The van der Waals surface area contributed by atoms with E-state index in [2.05, 4.69) is 28.1 Å².